The quantitative estimate of drug-likeness (QED) is 0.132. The van der Waals surface area contributed by atoms with Gasteiger partial charge in [-0.2, -0.15) is 0 Å². The Labute approximate surface area is 236 Å². The summed E-state index contributed by atoms with van der Waals surface area (Å²) in [5.74, 6) is -0.678. The number of ether oxygens (including phenoxy) is 3. The average Bonchev–Trinajstić information content (AvgIpc) is 3.29. The van der Waals surface area contributed by atoms with Crippen LogP contribution in [0.2, 0.25) is 0 Å². The molecule has 0 aliphatic rings. The number of nitrogen functional groups attached to an aromatic ring is 1. The highest BCUT2D eigenvalue weighted by atomic mass is 31.2. The summed E-state index contributed by atoms with van der Waals surface area (Å²) >= 11 is 0. The lowest BCUT2D eigenvalue weighted by Gasteiger charge is -2.32. The van der Waals surface area contributed by atoms with E-state index in [-0.39, 0.29) is 31.3 Å². The third-order valence-electron chi connectivity index (χ3n) is 5.94. The van der Waals surface area contributed by atoms with Gasteiger partial charge in [-0.1, -0.05) is 40.0 Å². The molecule has 40 heavy (non-hydrogen) atoms. The van der Waals surface area contributed by atoms with Crippen LogP contribution in [0, 0.1) is 5.92 Å². The lowest BCUT2D eigenvalue weighted by molar-refractivity contribution is -0.149. The van der Waals surface area contributed by atoms with Crippen LogP contribution < -0.4 is 15.9 Å². The summed E-state index contributed by atoms with van der Waals surface area (Å²) in [5.41, 5.74) is 5.58. The van der Waals surface area contributed by atoms with E-state index in [2.05, 4.69) is 32.1 Å². The first-order chi connectivity index (χ1) is 18.8. The fourth-order valence-corrected chi connectivity index (χ4v) is 6.20. The molecule has 0 saturated carbocycles. The summed E-state index contributed by atoms with van der Waals surface area (Å²) in [6.07, 6.45) is 6.04. The molecule has 0 aliphatic carbocycles. The van der Waals surface area contributed by atoms with Gasteiger partial charge in [-0.3, -0.25) is 14.2 Å². The summed E-state index contributed by atoms with van der Waals surface area (Å²) in [4.78, 5) is 37.9. The number of carbonyl (C=O) groups is 2. The Morgan fingerprint density at radius 1 is 1.10 bits per heavy atom. The van der Waals surface area contributed by atoms with E-state index in [0.717, 1.165) is 25.7 Å². The van der Waals surface area contributed by atoms with Crippen LogP contribution in [0.4, 0.5) is 5.82 Å². The van der Waals surface area contributed by atoms with Crippen LogP contribution in [0.3, 0.4) is 0 Å². The van der Waals surface area contributed by atoms with Crippen LogP contribution in [0.5, 0.6) is 0 Å². The largest absolute Gasteiger partial charge is 0.464 e. The molecule has 0 spiro atoms. The number of carbonyl (C=O) groups excluding carboxylic acids is 2. The van der Waals surface area contributed by atoms with E-state index in [4.69, 9.17) is 19.9 Å². The number of nitrogens with one attached hydrogen (secondary N) is 2. The third kappa shape index (κ3) is 10.4. The molecule has 2 aromatic rings. The number of fused-ring (bicyclic) bond motifs is 1. The van der Waals surface area contributed by atoms with Gasteiger partial charge in [-0.25, -0.2) is 25.1 Å². The second-order valence-corrected chi connectivity index (χ2v) is 13.2. The van der Waals surface area contributed by atoms with Crippen molar-refractivity contribution in [2.75, 3.05) is 25.3 Å². The maximum absolute atomic E-state index is 14.1. The van der Waals surface area contributed by atoms with Gasteiger partial charge in [0.2, 0.25) is 7.44 Å². The smallest absolute Gasteiger partial charge is 0.326 e. The maximum atomic E-state index is 14.1. The number of nitrogens with zero attached hydrogens (tertiary/aromatic N) is 4. The van der Waals surface area contributed by atoms with Crippen molar-refractivity contribution in [2.45, 2.75) is 98.4 Å². The average molecular weight is 584 g/mol. The van der Waals surface area contributed by atoms with E-state index < -0.39 is 37.1 Å². The fourth-order valence-electron chi connectivity index (χ4n) is 3.81. The lowest BCUT2D eigenvalue weighted by atomic mass is 10.1. The first-order valence-electron chi connectivity index (χ1n) is 13.8. The summed E-state index contributed by atoms with van der Waals surface area (Å²) in [5, 5.41) is 5.75. The molecule has 0 amide bonds. The molecule has 2 rings (SSSR count). The van der Waals surface area contributed by atoms with Gasteiger partial charge in [-0.15, -0.1) is 0 Å². The number of hydrogen-bond acceptors (Lipinski definition) is 10. The molecule has 4 N–H and O–H groups in total. The van der Waals surface area contributed by atoms with Crippen LogP contribution in [0.25, 0.3) is 11.2 Å². The van der Waals surface area contributed by atoms with E-state index in [1.807, 2.05) is 13.8 Å². The first kappa shape index (κ1) is 33.6. The predicted molar refractivity (Wildman–Crippen MR) is 153 cm³/mol. The van der Waals surface area contributed by atoms with Crippen molar-refractivity contribution < 1.29 is 28.4 Å². The summed E-state index contributed by atoms with van der Waals surface area (Å²) < 4.78 is 32.6. The molecule has 2 aromatic heterocycles. The minimum atomic E-state index is -3.70. The van der Waals surface area contributed by atoms with Gasteiger partial charge in [0.25, 0.3) is 0 Å². The predicted octanol–water partition coefficient (Wildman–Crippen LogP) is 3.63. The number of nitrogens with two attached hydrogens (primary N) is 1. The molecule has 3 unspecified atom stereocenters. The van der Waals surface area contributed by atoms with Gasteiger partial charge >= 0.3 is 11.9 Å². The van der Waals surface area contributed by atoms with Crippen LogP contribution >= 0.6 is 7.44 Å². The van der Waals surface area contributed by atoms with Gasteiger partial charge in [0.15, 0.2) is 11.5 Å². The second kappa shape index (κ2) is 15.4. The molecule has 0 radical (unpaired) electrons. The second-order valence-electron chi connectivity index (χ2n) is 11.0. The Hall–Kier alpha value is -2.60. The zero-order valence-electron chi connectivity index (χ0n) is 24.8. The molecule has 0 bridgehead atoms. The molecule has 0 saturated heterocycles. The van der Waals surface area contributed by atoms with Crippen LogP contribution in [0.15, 0.2) is 12.7 Å². The highest BCUT2D eigenvalue weighted by molar-refractivity contribution is 7.59. The Kier molecular flexibility index (Phi) is 12.9. The van der Waals surface area contributed by atoms with E-state index in [1.54, 1.807) is 38.6 Å². The number of esters is 2. The topological polar surface area (TPSA) is 173 Å². The minimum absolute atomic E-state index is 0.149. The molecule has 14 heteroatoms. The number of imidazole rings is 1. The number of hydrogen-bond donors (Lipinski definition) is 3. The van der Waals surface area contributed by atoms with E-state index in [9.17, 15) is 14.2 Å². The normalized spacial score (nSPS) is 15.1. The molecule has 3 atom stereocenters. The number of rotatable bonds is 18. The number of anilines is 1. The van der Waals surface area contributed by atoms with Crippen molar-refractivity contribution in [2.24, 2.45) is 5.92 Å². The number of unbranched alkanes of at least 4 members (excludes halogenated alkanes) is 3. The molecule has 0 fully saturated rings. The Bertz CT molecular complexity index is 1160. The van der Waals surface area contributed by atoms with Crippen molar-refractivity contribution in [3.63, 3.8) is 0 Å². The molecule has 0 aliphatic heterocycles. The Balaban J connectivity index is 2.12. The fraction of sp³-hybridized carbons (Fsp3) is 0.731. The summed E-state index contributed by atoms with van der Waals surface area (Å²) in [6.45, 7) is 13.3. The van der Waals surface area contributed by atoms with Crippen LogP contribution in [-0.4, -0.2) is 68.7 Å². The van der Waals surface area contributed by atoms with Crippen molar-refractivity contribution in [1.82, 2.24) is 29.7 Å². The van der Waals surface area contributed by atoms with E-state index >= 15 is 0 Å². The maximum Gasteiger partial charge on any atom is 0.326 e. The molecule has 13 nitrogen and oxygen atoms in total. The van der Waals surface area contributed by atoms with Gasteiger partial charge in [0.1, 0.15) is 29.8 Å². The van der Waals surface area contributed by atoms with Crippen molar-refractivity contribution >= 4 is 36.4 Å². The molecule has 226 valence electrons. The minimum Gasteiger partial charge on any atom is -0.464 e. The van der Waals surface area contributed by atoms with Crippen molar-refractivity contribution in [1.29, 1.82) is 0 Å². The van der Waals surface area contributed by atoms with E-state index in [0.29, 0.717) is 17.7 Å². The number of aromatic nitrogens is 4. The molecule has 2 heterocycles. The molecular weight excluding hydrogens is 537 g/mol. The van der Waals surface area contributed by atoms with Gasteiger partial charge < -0.3 is 24.5 Å². The zero-order chi connectivity index (χ0) is 29.9. The standard InChI is InChI=1S/C26H46N7O6P/c1-8-9-10-11-12-37-25(35)26(6,7)32-40(36,31-20(5)24(34)38-14-18(2)3)17-39-19(4)13-33-16-30-21-22(27)28-15-29-23(21)33/h15-16,18-20H,8-14,17H2,1-7H3,(H2,27,28,29)(H2,31,32,36). The third-order valence-corrected chi connectivity index (χ3v) is 8.18. The van der Waals surface area contributed by atoms with Crippen molar-refractivity contribution in [3.8, 4) is 0 Å². The molecule has 0 aromatic carbocycles. The van der Waals surface area contributed by atoms with Crippen molar-refractivity contribution in [3.05, 3.63) is 12.7 Å². The molecular formula is C26H46N7O6P. The zero-order valence-corrected chi connectivity index (χ0v) is 25.7. The Morgan fingerprint density at radius 3 is 2.50 bits per heavy atom. The van der Waals surface area contributed by atoms with E-state index in [1.165, 1.54) is 6.33 Å². The summed E-state index contributed by atoms with van der Waals surface area (Å²) in [6, 6.07) is -0.922. The first-order valence-corrected chi connectivity index (χ1v) is 15.7. The monoisotopic (exact) mass is 583 g/mol. The Morgan fingerprint density at radius 2 is 1.82 bits per heavy atom. The van der Waals surface area contributed by atoms with Gasteiger partial charge in [-0.05, 0) is 40.0 Å². The highest BCUT2D eigenvalue weighted by Crippen LogP contribution is 2.40. The van der Waals surface area contributed by atoms with Gasteiger partial charge in [0, 0.05) is 0 Å². The van der Waals surface area contributed by atoms with Crippen LogP contribution in [-0.2, 0) is 34.9 Å². The SMILES string of the molecule is CCCCCCOC(=O)C(C)(C)NP(=O)(COC(C)Cn1cnc2c(N)ncnc21)NC(C)C(=O)OCC(C)C. The lowest BCUT2D eigenvalue weighted by Crippen LogP contribution is -2.50. The summed E-state index contributed by atoms with van der Waals surface area (Å²) in [7, 11) is -3.70. The van der Waals surface area contributed by atoms with Crippen LogP contribution in [0.1, 0.15) is 74.1 Å². The highest BCUT2D eigenvalue weighted by Gasteiger charge is 2.39. The van der Waals surface area contributed by atoms with Gasteiger partial charge in [0.05, 0.1) is 32.2 Å².